The molecular formula is C9H7N5S. The lowest BCUT2D eigenvalue weighted by molar-refractivity contribution is 1.09. The minimum Gasteiger partial charge on any atom is -0.324 e. The van der Waals surface area contributed by atoms with Crippen molar-refractivity contribution >= 4 is 33.2 Å². The fourth-order valence-corrected chi connectivity index (χ4v) is 2.06. The van der Waals surface area contributed by atoms with E-state index in [2.05, 4.69) is 25.5 Å². The number of aromatic amines is 1. The third-order valence-electron chi connectivity index (χ3n) is 2.00. The van der Waals surface area contributed by atoms with Crippen LogP contribution in [-0.4, -0.2) is 20.2 Å². The van der Waals surface area contributed by atoms with Crippen molar-refractivity contribution in [1.29, 1.82) is 0 Å². The number of H-pyrrole nitrogens is 1. The number of thiazole rings is 1. The topological polar surface area (TPSA) is 66.5 Å². The number of nitrogens with zero attached hydrogens (tertiary/aromatic N) is 3. The molecule has 0 saturated carbocycles. The number of nitrogens with one attached hydrogen (secondary N) is 2. The summed E-state index contributed by atoms with van der Waals surface area (Å²) in [6, 6.07) is 3.74. The largest absolute Gasteiger partial charge is 0.324 e. The lowest BCUT2D eigenvalue weighted by Gasteiger charge is -2.02. The number of rotatable bonds is 2. The molecule has 0 radical (unpaired) electrons. The van der Waals surface area contributed by atoms with Gasteiger partial charge in [0.05, 0.1) is 21.9 Å². The molecule has 0 aliphatic rings. The zero-order valence-electron chi connectivity index (χ0n) is 7.64. The van der Waals surface area contributed by atoms with Crippen molar-refractivity contribution < 1.29 is 0 Å². The first kappa shape index (κ1) is 8.37. The monoisotopic (exact) mass is 217 g/mol. The Bertz CT molecular complexity index is 571. The Hall–Kier alpha value is -1.95. The van der Waals surface area contributed by atoms with Gasteiger partial charge in [-0.15, -0.1) is 11.3 Å². The van der Waals surface area contributed by atoms with E-state index in [4.69, 9.17) is 0 Å². The minimum absolute atomic E-state index is 0.805. The molecule has 0 aliphatic heterocycles. The van der Waals surface area contributed by atoms with E-state index in [9.17, 15) is 0 Å². The maximum Gasteiger partial charge on any atom is 0.151 e. The van der Waals surface area contributed by atoms with Crippen LogP contribution in [0.1, 0.15) is 0 Å². The van der Waals surface area contributed by atoms with Gasteiger partial charge in [-0.1, -0.05) is 0 Å². The fourth-order valence-electron chi connectivity index (χ4n) is 1.33. The zero-order chi connectivity index (χ0) is 10.1. The van der Waals surface area contributed by atoms with E-state index in [1.165, 1.54) is 0 Å². The van der Waals surface area contributed by atoms with E-state index < -0.39 is 0 Å². The zero-order valence-corrected chi connectivity index (χ0v) is 8.45. The number of pyridine rings is 1. The first-order chi connectivity index (χ1) is 7.43. The standard InChI is InChI=1S/C9H7N5S/c1-3-10-9(8-6(1)11-5-15-8)13-7-2-4-12-14-7/h1-5H,(H2,10,12,13,14). The van der Waals surface area contributed by atoms with Gasteiger partial charge in [-0.05, 0) is 6.07 Å². The van der Waals surface area contributed by atoms with Crippen LogP contribution in [0.15, 0.2) is 30.0 Å². The number of hydrogen-bond donors (Lipinski definition) is 2. The summed E-state index contributed by atoms with van der Waals surface area (Å²) in [6.07, 6.45) is 3.43. The fraction of sp³-hybridized carbons (Fsp3) is 0. The second-order valence-electron chi connectivity index (χ2n) is 2.96. The van der Waals surface area contributed by atoms with Gasteiger partial charge >= 0.3 is 0 Å². The van der Waals surface area contributed by atoms with Crippen LogP contribution in [0.5, 0.6) is 0 Å². The van der Waals surface area contributed by atoms with E-state index in [0.29, 0.717) is 0 Å². The van der Waals surface area contributed by atoms with Gasteiger partial charge in [-0.25, -0.2) is 9.97 Å². The summed E-state index contributed by atoms with van der Waals surface area (Å²) >= 11 is 1.57. The number of anilines is 2. The summed E-state index contributed by atoms with van der Waals surface area (Å²) in [5.74, 6) is 1.63. The van der Waals surface area contributed by atoms with E-state index in [1.807, 2.05) is 17.6 Å². The van der Waals surface area contributed by atoms with Crippen LogP contribution in [0.25, 0.3) is 10.2 Å². The summed E-state index contributed by atoms with van der Waals surface area (Å²) < 4.78 is 1.05. The summed E-state index contributed by atoms with van der Waals surface area (Å²) in [7, 11) is 0. The highest BCUT2D eigenvalue weighted by atomic mass is 32.1. The van der Waals surface area contributed by atoms with Crippen LogP contribution in [0.4, 0.5) is 11.6 Å². The molecule has 0 spiro atoms. The Kier molecular flexibility index (Phi) is 1.85. The SMILES string of the molecule is c1cc(Nc2nccc3ncsc23)[nH]n1. The minimum atomic E-state index is 0.805. The molecule has 6 heteroatoms. The first-order valence-electron chi connectivity index (χ1n) is 4.38. The molecule has 0 bridgehead atoms. The molecule has 0 fully saturated rings. The van der Waals surface area contributed by atoms with Crippen molar-refractivity contribution in [3.63, 3.8) is 0 Å². The van der Waals surface area contributed by atoms with E-state index in [0.717, 1.165) is 21.9 Å². The van der Waals surface area contributed by atoms with Gasteiger partial charge in [0.25, 0.3) is 0 Å². The summed E-state index contributed by atoms with van der Waals surface area (Å²) in [6.45, 7) is 0. The third kappa shape index (κ3) is 1.44. The number of aromatic nitrogens is 4. The van der Waals surface area contributed by atoms with E-state index in [1.54, 1.807) is 23.7 Å². The van der Waals surface area contributed by atoms with Crippen molar-refractivity contribution in [3.05, 3.63) is 30.0 Å². The molecule has 15 heavy (non-hydrogen) atoms. The number of fused-ring (bicyclic) bond motifs is 1. The van der Waals surface area contributed by atoms with E-state index in [-0.39, 0.29) is 0 Å². The van der Waals surface area contributed by atoms with Crippen molar-refractivity contribution in [2.45, 2.75) is 0 Å². The van der Waals surface area contributed by atoms with Crippen LogP contribution in [0.3, 0.4) is 0 Å². The Balaban J connectivity index is 2.07. The van der Waals surface area contributed by atoms with Crippen molar-refractivity contribution in [2.75, 3.05) is 5.32 Å². The van der Waals surface area contributed by atoms with Crippen LogP contribution in [-0.2, 0) is 0 Å². The molecule has 0 aliphatic carbocycles. The second-order valence-corrected chi connectivity index (χ2v) is 3.81. The van der Waals surface area contributed by atoms with Gasteiger partial charge in [-0.3, -0.25) is 5.10 Å². The van der Waals surface area contributed by atoms with Crippen molar-refractivity contribution in [1.82, 2.24) is 20.2 Å². The average molecular weight is 217 g/mol. The van der Waals surface area contributed by atoms with Crippen LogP contribution < -0.4 is 5.32 Å². The molecule has 74 valence electrons. The highest BCUT2D eigenvalue weighted by molar-refractivity contribution is 7.17. The molecule has 3 rings (SSSR count). The first-order valence-corrected chi connectivity index (χ1v) is 5.26. The molecule has 0 saturated heterocycles. The lowest BCUT2D eigenvalue weighted by atomic mass is 10.4. The van der Waals surface area contributed by atoms with Gasteiger partial charge in [0.1, 0.15) is 5.82 Å². The van der Waals surface area contributed by atoms with Crippen molar-refractivity contribution in [3.8, 4) is 0 Å². The van der Waals surface area contributed by atoms with Gasteiger partial charge in [0.15, 0.2) is 5.82 Å². The summed E-state index contributed by atoms with van der Waals surface area (Å²) in [4.78, 5) is 8.49. The predicted octanol–water partition coefficient (Wildman–Crippen LogP) is 2.16. The molecule has 3 aromatic heterocycles. The normalized spacial score (nSPS) is 10.7. The molecule has 5 nitrogen and oxygen atoms in total. The Morgan fingerprint density at radius 3 is 3.07 bits per heavy atom. The Morgan fingerprint density at radius 2 is 2.20 bits per heavy atom. The third-order valence-corrected chi connectivity index (χ3v) is 2.85. The van der Waals surface area contributed by atoms with Crippen LogP contribution in [0, 0.1) is 0 Å². The average Bonchev–Trinajstić information content (AvgIpc) is 2.87. The molecule has 0 atom stereocenters. The molecule has 2 N–H and O–H groups in total. The van der Waals surface area contributed by atoms with Crippen molar-refractivity contribution in [2.24, 2.45) is 0 Å². The van der Waals surface area contributed by atoms with Gasteiger partial charge in [-0.2, -0.15) is 5.10 Å². The van der Waals surface area contributed by atoms with Crippen LogP contribution >= 0.6 is 11.3 Å². The van der Waals surface area contributed by atoms with E-state index >= 15 is 0 Å². The molecule has 0 aromatic carbocycles. The van der Waals surface area contributed by atoms with Gasteiger partial charge in [0.2, 0.25) is 0 Å². The highest BCUT2D eigenvalue weighted by Crippen LogP contribution is 2.25. The Morgan fingerprint density at radius 1 is 1.20 bits per heavy atom. The Labute approximate surface area is 89.2 Å². The second kappa shape index (κ2) is 3.32. The highest BCUT2D eigenvalue weighted by Gasteiger charge is 2.04. The lowest BCUT2D eigenvalue weighted by Crippen LogP contribution is -1.93. The predicted molar refractivity (Wildman–Crippen MR) is 59.3 cm³/mol. The molecule has 0 unspecified atom stereocenters. The summed E-state index contributed by atoms with van der Waals surface area (Å²) in [5, 5.41) is 9.84. The molecule has 3 aromatic rings. The number of hydrogen-bond acceptors (Lipinski definition) is 5. The van der Waals surface area contributed by atoms with Gasteiger partial charge < -0.3 is 5.32 Å². The molecule has 0 amide bonds. The summed E-state index contributed by atoms with van der Waals surface area (Å²) in [5.41, 5.74) is 2.77. The maximum atomic E-state index is 4.27. The quantitative estimate of drug-likeness (QED) is 0.690. The smallest absolute Gasteiger partial charge is 0.151 e. The molecule has 3 heterocycles. The maximum absolute atomic E-state index is 4.27. The van der Waals surface area contributed by atoms with Crippen LogP contribution in [0.2, 0.25) is 0 Å². The molecular weight excluding hydrogens is 210 g/mol. The van der Waals surface area contributed by atoms with Gasteiger partial charge in [0, 0.05) is 12.3 Å².